The summed E-state index contributed by atoms with van der Waals surface area (Å²) in [7, 11) is 0. The Labute approximate surface area is 51.6 Å². The van der Waals surface area contributed by atoms with Crippen LogP contribution >= 0.6 is 0 Å². The summed E-state index contributed by atoms with van der Waals surface area (Å²) in [5.74, 6) is -0.0496. The Morgan fingerprint density at radius 1 is 1.44 bits per heavy atom. The normalized spacial score (nSPS) is 38.7. The molecule has 0 aromatic heterocycles. The highest BCUT2D eigenvalue weighted by molar-refractivity contribution is 6.00. The maximum absolute atomic E-state index is 10.7. The van der Waals surface area contributed by atoms with Gasteiger partial charge in [0.2, 0.25) is 5.91 Å². The molecule has 9 heavy (non-hydrogen) atoms. The second-order valence-electron chi connectivity index (χ2n) is 2.41. The number of urea groups is 1. The van der Waals surface area contributed by atoms with Crippen LogP contribution < -0.4 is 10.6 Å². The van der Waals surface area contributed by atoms with Crippen LogP contribution in [-0.4, -0.2) is 18.0 Å². The Kier molecular flexibility index (Phi) is 0.670. The molecule has 3 amide bonds. The molecule has 2 unspecified atom stereocenters. The second-order valence-corrected chi connectivity index (χ2v) is 2.41. The molecule has 0 bridgehead atoms. The van der Waals surface area contributed by atoms with E-state index in [4.69, 9.17) is 0 Å². The molecule has 0 spiro atoms. The zero-order chi connectivity index (χ0) is 6.43. The highest BCUT2D eigenvalue weighted by atomic mass is 16.2. The lowest BCUT2D eigenvalue weighted by atomic mass is 10.3. The SMILES string of the molecule is O=C1NC(=O)C2CC2N1. The number of hydrogen-bond donors (Lipinski definition) is 2. The quantitative estimate of drug-likeness (QED) is 0.447. The van der Waals surface area contributed by atoms with Crippen molar-refractivity contribution in [3.63, 3.8) is 0 Å². The van der Waals surface area contributed by atoms with E-state index < -0.39 is 0 Å². The molecule has 1 saturated heterocycles. The highest BCUT2D eigenvalue weighted by Gasteiger charge is 2.48. The first kappa shape index (κ1) is 4.78. The van der Waals surface area contributed by atoms with Crippen LogP contribution in [0.15, 0.2) is 0 Å². The van der Waals surface area contributed by atoms with Crippen LogP contribution in [0.1, 0.15) is 6.42 Å². The summed E-state index contributed by atoms with van der Waals surface area (Å²) >= 11 is 0. The summed E-state index contributed by atoms with van der Waals surface area (Å²) < 4.78 is 0. The molecule has 0 radical (unpaired) electrons. The molecule has 0 aromatic carbocycles. The van der Waals surface area contributed by atoms with Gasteiger partial charge in [-0.25, -0.2) is 4.79 Å². The van der Waals surface area contributed by atoms with Crippen LogP contribution in [0.5, 0.6) is 0 Å². The molecule has 2 atom stereocenters. The van der Waals surface area contributed by atoms with Crippen molar-refractivity contribution < 1.29 is 9.59 Å². The third-order valence-electron chi connectivity index (χ3n) is 1.68. The van der Waals surface area contributed by atoms with Crippen LogP contribution in [0.3, 0.4) is 0 Å². The van der Waals surface area contributed by atoms with E-state index in [1.807, 2.05) is 0 Å². The number of carbonyl (C=O) groups excluding carboxylic acids is 2. The number of imide groups is 1. The van der Waals surface area contributed by atoms with Crippen molar-refractivity contribution in [2.75, 3.05) is 0 Å². The molecule has 1 aliphatic carbocycles. The van der Waals surface area contributed by atoms with Gasteiger partial charge in [-0.2, -0.15) is 0 Å². The van der Waals surface area contributed by atoms with E-state index in [0.29, 0.717) is 0 Å². The van der Waals surface area contributed by atoms with Crippen molar-refractivity contribution in [3.05, 3.63) is 0 Å². The van der Waals surface area contributed by atoms with Gasteiger partial charge >= 0.3 is 6.03 Å². The average molecular weight is 126 g/mol. The summed E-state index contributed by atoms with van der Waals surface area (Å²) in [6.45, 7) is 0. The van der Waals surface area contributed by atoms with Crippen molar-refractivity contribution >= 4 is 11.9 Å². The van der Waals surface area contributed by atoms with E-state index in [0.717, 1.165) is 6.42 Å². The molecule has 4 nitrogen and oxygen atoms in total. The topological polar surface area (TPSA) is 58.2 Å². The van der Waals surface area contributed by atoms with Gasteiger partial charge in [0.05, 0.1) is 5.92 Å². The minimum atomic E-state index is -0.348. The third-order valence-corrected chi connectivity index (χ3v) is 1.68. The molecular weight excluding hydrogens is 120 g/mol. The molecule has 0 aromatic rings. The van der Waals surface area contributed by atoms with Crippen LogP contribution in [0.25, 0.3) is 0 Å². The van der Waals surface area contributed by atoms with Crippen LogP contribution in [0.2, 0.25) is 0 Å². The Bertz CT molecular complexity index is 189. The molecular formula is C5H6N2O2. The highest BCUT2D eigenvalue weighted by Crippen LogP contribution is 2.31. The van der Waals surface area contributed by atoms with Gasteiger partial charge < -0.3 is 5.32 Å². The second kappa shape index (κ2) is 1.26. The van der Waals surface area contributed by atoms with Gasteiger partial charge in [-0.3, -0.25) is 10.1 Å². The number of hydrogen-bond acceptors (Lipinski definition) is 2. The minimum absolute atomic E-state index is 0.0719. The molecule has 1 saturated carbocycles. The van der Waals surface area contributed by atoms with Crippen molar-refractivity contribution in [2.24, 2.45) is 5.92 Å². The Morgan fingerprint density at radius 3 is 2.89 bits per heavy atom. The molecule has 48 valence electrons. The summed E-state index contributed by atoms with van der Waals surface area (Å²) in [6, 6.07) is -0.204. The fourth-order valence-corrected chi connectivity index (χ4v) is 1.05. The lowest BCUT2D eigenvalue weighted by Crippen LogP contribution is -2.47. The maximum atomic E-state index is 10.7. The molecule has 4 heteroatoms. The van der Waals surface area contributed by atoms with Crippen molar-refractivity contribution in [3.8, 4) is 0 Å². The standard InChI is InChI=1S/C5H6N2O2/c8-4-2-1-3(2)6-5(9)7-4/h2-3H,1H2,(H2,6,7,8,9). The predicted octanol–water partition coefficient (Wildman–Crippen LogP) is -0.786. The smallest absolute Gasteiger partial charge is 0.321 e. The van der Waals surface area contributed by atoms with Gasteiger partial charge in [0, 0.05) is 6.04 Å². The van der Waals surface area contributed by atoms with Crippen molar-refractivity contribution in [1.82, 2.24) is 10.6 Å². The lowest BCUT2D eigenvalue weighted by Gasteiger charge is -2.09. The maximum Gasteiger partial charge on any atom is 0.321 e. The molecule has 2 fully saturated rings. The molecule has 1 heterocycles. The zero-order valence-electron chi connectivity index (χ0n) is 4.68. The van der Waals surface area contributed by atoms with Gasteiger partial charge in [-0.1, -0.05) is 0 Å². The summed E-state index contributed by atoms with van der Waals surface area (Å²) in [4.78, 5) is 21.1. The fraction of sp³-hybridized carbons (Fsp3) is 0.600. The van der Waals surface area contributed by atoms with E-state index in [9.17, 15) is 9.59 Å². The van der Waals surface area contributed by atoms with E-state index in [2.05, 4.69) is 10.6 Å². The molecule has 2 N–H and O–H groups in total. The predicted molar refractivity (Wildman–Crippen MR) is 28.6 cm³/mol. The molecule has 1 aliphatic heterocycles. The van der Waals surface area contributed by atoms with Crippen molar-refractivity contribution in [2.45, 2.75) is 12.5 Å². The fourth-order valence-electron chi connectivity index (χ4n) is 1.05. The number of nitrogens with one attached hydrogen (secondary N) is 2. The number of amides is 3. The molecule has 2 rings (SSSR count). The summed E-state index contributed by atoms with van der Waals surface area (Å²) in [5.41, 5.74) is 0. The summed E-state index contributed by atoms with van der Waals surface area (Å²) in [6.07, 6.45) is 0.817. The first-order valence-corrected chi connectivity index (χ1v) is 2.89. The van der Waals surface area contributed by atoms with Crippen LogP contribution in [0, 0.1) is 5.92 Å². The Hall–Kier alpha value is -1.06. The van der Waals surface area contributed by atoms with Crippen molar-refractivity contribution in [1.29, 1.82) is 0 Å². The van der Waals surface area contributed by atoms with Crippen LogP contribution in [0.4, 0.5) is 4.79 Å². The number of carbonyl (C=O) groups is 2. The van der Waals surface area contributed by atoms with Gasteiger partial charge in [-0.15, -0.1) is 0 Å². The Morgan fingerprint density at radius 2 is 2.22 bits per heavy atom. The molecule has 2 aliphatic rings. The van der Waals surface area contributed by atoms with E-state index >= 15 is 0 Å². The monoisotopic (exact) mass is 126 g/mol. The summed E-state index contributed by atoms with van der Waals surface area (Å²) in [5, 5.41) is 4.79. The van der Waals surface area contributed by atoms with E-state index in [1.165, 1.54) is 0 Å². The lowest BCUT2D eigenvalue weighted by molar-refractivity contribution is -0.121. The van der Waals surface area contributed by atoms with Crippen LogP contribution in [-0.2, 0) is 4.79 Å². The van der Waals surface area contributed by atoms with E-state index in [1.54, 1.807) is 0 Å². The minimum Gasteiger partial charge on any atom is -0.334 e. The van der Waals surface area contributed by atoms with Gasteiger partial charge in [-0.05, 0) is 6.42 Å². The number of rotatable bonds is 0. The van der Waals surface area contributed by atoms with E-state index in [-0.39, 0.29) is 23.9 Å². The van der Waals surface area contributed by atoms with Gasteiger partial charge in [0.15, 0.2) is 0 Å². The number of fused-ring (bicyclic) bond motifs is 1. The average Bonchev–Trinajstić information content (AvgIpc) is 2.43. The first-order chi connectivity index (χ1) is 4.27. The first-order valence-electron chi connectivity index (χ1n) is 2.89. The zero-order valence-corrected chi connectivity index (χ0v) is 4.68. The Balaban J connectivity index is 2.15. The van der Waals surface area contributed by atoms with Gasteiger partial charge in [0.25, 0.3) is 0 Å². The largest absolute Gasteiger partial charge is 0.334 e. The third kappa shape index (κ3) is 0.590. The van der Waals surface area contributed by atoms with Gasteiger partial charge in [0.1, 0.15) is 0 Å².